The third-order valence-corrected chi connectivity index (χ3v) is 12.3. The summed E-state index contributed by atoms with van der Waals surface area (Å²) in [5, 5.41) is 15.4. The summed E-state index contributed by atoms with van der Waals surface area (Å²) in [6.45, 7) is 0. The summed E-state index contributed by atoms with van der Waals surface area (Å²) in [7, 11) is 0. The van der Waals surface area contributed by atoms with Crippen LogP contribution in [0.2, 0.25) is 0 Å². The first-order valence-electron chi connectivity index (χ1n) is 20.2. The Morgan fingerprint density at radius 3 is 1.12 bits per heavy atom. The van der Waals surface area contributed by atoms with Crippen LogP contribution >= 0.6 is 0 Å². The summed E-state index contributed by atoms with van der Waals surface area (Å²) in [5.41, 5.74) is 12.3. The lowest BCUT2D eigenvalue weighted by molar-refractivity contribution is 1.58. The standard InChI is InChI=1S/C58H36/c1-3-14-37(15-4-1)43-34-44(38-16-5-2-6-17-38)36-46(35-43)57-50-22-9-11-24-52(50)58(53-25-12-10-23-51(53)57)54-31-30-47(48-20-7-8-21-49(48)54)45-32-41-28-26-39-18-13-19-40-27-29-42(33-45)56(41)55(39)40/h1-36H. The highest BCUT2D eigenvalue weighted by molar-refractivity contribution is 6.26. The van der Waals surface area contributed by atoms with E-state index in [1.54, 1.807) is 0 Å². The van der Waals surface area contributed by atoms with E-state index in [1.165, 1.54) is 120 Å². The Morgan fingerprint density at radius 1 is 0.190 bits per heavy atom. The fraction of sp³-hybridized carbons (Fsp3) is 0. The van der Waals surface area contributed by atoms with E-state index in [-0.39, 0.29) is 0 Å². The number of hydrogen-bond acceptors (Lipinski definition) is 0. The van der Waals surface area contributed by atoms with Crippen LogP contribution in [0.4, 0.5) is 0 Å². The Kier molecular flexibility index (Phi) is 7.33. The van der Waals surface area contributed by atoms with Crippen molar-refractivity contribution in [2.75, 3.05) is 0 Å². The van der Waals surface area contributed by atoms with E-state index in [0.717, 1.165) is 0 Å². The van der Waals surface area contributed by atoms with Crippen molar-refractivity contribution in [3.05, 3.63) is 218 Å². The fourth-order valence-electron chi connectivity index (χ4n) is 9.77. The second kappa shape index (κ2) is 13.0. The third-order valence-electron chi connectivity index (χ3n) is 12.3. The molecule has 0 bridgehead atoms. The van der Waals surface area contributed by atoms with E-state index >= 15 is 0 Å². The molecule has 0 amide bonds. The van der Waals surface area contributed by atoms with E-state index < -0.39 is 0 Å². The van der Waals surface area contributed by atoms with Crippen LogP contribution in [0.3, 0.4) is 0 Å². The lowest BCUT2D eigenvalue weighted by atomic mass is 9.82. The van der Waals surface area contributed by atoms with E-state index in [4.69, 9.17) is 0 Å². The third kappa shape index (κ3) is 5.09. The molecule has 0 heterocycles. The quantitative estimate of drug-likeness (QED) is 0.122. The minimum Gasteiger partial charge on any atom is -0.0622 e. The van der Waals surface area contributed by atoms with Crippen LogP contribution in [-0.4, -0.2) is 0 Å². The van der Waals surface area contributed by atoms with Gasteiger partial charge in [0.15, 0.2) is 0 Å². The maximum absolute atomic E-state index is 2.39. The topological polar surface area (TPSA) is 0 Å². The molecule has 12 aromatic carbocycles. The average molecular weight is 733 g/mol. The molecule has 58 heavy (non-hydrogen) atoms. The van der Waals surface area contributed by atoms with Gasteiger partial charge < -0.3 is 0 Å². The highest BCUT2D eigenvalue weighted by Crippen LogP contribution is 2.48. The van der Waals surface area contributed by atoms with Crippen LogP contribution in [0.25, 0.3) is 120 Å². The second-order valence-electron chi connectivity index (χ2n) is 15.6. The Balaban J connectivity index is 1.10. The Bertz CT molecular complexity index is 3360. The molecule has 12 rings (SSSR count). The largest absolute Gasteiger partial charge is 0.0622 e. The van der Waals surface area contributed by atoms with Crippen LogP contribution in [0.15, 0.2) is 218 Å². The first-order valence-corrected chi connectivity index (χ1v) is 20.2. The van der Waals surface area contributed by atoms with Crippen molar-refractivity contribution in [1.29, 1.82) is 0 Å². The molecule has 268 valence electrons. The lowest BCUT2D eigenvalue weighted by Gasteiger charge is -2.21. The van der Waals surface area contributed by atoms with Crippen LogP contribution in [0.5, 0.6) is 0 Å². The molecule has 0 fully saturated rings. The minimum absolute atomic E-state index is 1.21. The highest BCUT2D eigenvalue weighted by Gasteiger charge is 2.20. The number of benzene rings is 12. The zero-order chi connectivity index (χ0) is 38.2. The molecule has 0 aromatic heterocycles. The molecule has 0 radical (unpaired) electrons. The Labute approximate surface area is 337 Å². The van der Waals surface area contributed by atoms with Crippen molar-refractivity contribution < 1.29 is 0 Å². The van der Waals surface area contributed by atoms with Crippen molar-refractivity contribution >= 4 is 64.6 Å². The maximum Gasteiger partial charge on any atom is -0.00201 e. The zero-order valence-corrected chi connectivity index (χ0v) is 31.8. The molecule has 0 saturated carbocycles. The van der Waals surface area contributed by atoms with Crippen LogP contribution in [0.1, 0.15) is 0 Å². The molecule has 0 unspecified atom stereocenters. The van der Waals surface area contributed by atoms with Crippen molar-refractivity contribution in [1.82, 2.24) is 0 Å². The molecule has 0 saturated heterocycles. The average Bonchev–Trinajstić information content (AvgIpc) is 3.30. The predicted molar refractivity (Wildman–Crippen MR) is 250 cm³/mol. The van der Waals surface area contributed by atoms with Gasteiger partial charge in [0, 0.05) is 0 Å². The van der Waals surface area contributed by atoms with Crippen molar-refractivity contribution in [2.24, 2.45) is 0 Å². The normalized spacial score (nSPS) is 11.8. The van der Waals surface area contributed by atoms with Crippen molar-refractivity contribution in [3.63, 3.8) is 0 Å². The molecule has 0 aliphatic heterocycles. The molecule has 0 N–H and O–H groups in total. The minimum atomic E-state index is 1.21. The Hall–Kier alpha value is -7.54. The van der Waals surface area contributed by atoms with Gasteiger partial charge in [0.2, 0.25) is 0 Å². The van der Waals surface area contributed by atoms with Gasteiger partial charge in [0.1, 0.15) is 0 Å². The molecule has 0 atom stereocenters. The summed E-state index contributed by atoms with van der Waals surface area (Å²) in [6.07, 6.45) is 0. The molecule has 0 spiro atoms. The number of fused-ring (bicyclic) bond motifs is 3. The fourth-order valence-corrected chi connectivity index (χ4v) is 9.77. The summed E-state index contributed by atoms with van der Waals surface area (Å²) in [4.78, 5) is 0. The lowest BCUT2D eigenvalue weighted by Crippen LogP contribution is -1.93. The molecule has 0 nitrogen and oxygen atoms in total. The van der Waals surface area contributed by atoms with E-state index in [9.17, 15) is 0 Å². The van der Waals surface area contributed by atoms with E-state index in [1.807, 2.05) is 0 Å². The summed E-state index contributed by atoms with van der Waals surface area (Å²) < 4.78 is 0. The first-order chi connectivity index (χ1) is 28.8. The molecule has 0 heteroatoms. The molecular weight excluding hydrogens is 697 g/mol. The molecule has 12 aromatic rings. The number of rotatable bonds is 5. The van der Waals surface area contributed by atoms with Gasteiger partial charge in [0.25, 0.3) is 0 Å². The first kappa shape index (κ1) is 32.7. The van der Waals surface area contributed by atoms with Gasteiger partial charge in [-0.3, -0.25) is 0 Å². The van der Waals surface area contributed by atoms with Gasteiger partial charge >= 0.3 is 0 Å². The van der Waals surface area contributed by atoms with Crippen LogP contribution in [0, 0.1) is 0 Å². The van der Waals surface area contributed by atoms with Crippen molar-refractivity contribution in [3.8, 4) is 55.6 Å². The van der Waals surface area contributed by atoms with Crippen LogP contribution < -0.4 is 0 Å². The van der Waals surface area contributed by atoms with Crippen molar-refractivity contribution in [2.45, 2.75) is 0 Å². The van der Waals surface area contributed by atoms with Gasteiger partial charge in [-0.15, -0.1) is 0 Å². The predicted octanol–water partition coefficient (Wildman–Crippen LogP) is 16.4. The highest BCUT2D eigenvalue weighted by atomic mass is 14.2. The summed E-state index contributed by atoms with van der Waals surface area (Å²) in [6, 6.07) is 80.9. The summed E-state index contributed by atoms with van der Waals surface area (Å²) >= 11 is 0. The molecule has 0 aliphatic carbocycles. The van der Waals surface area contributed by atoms with Gasteiger partial charge in [-0.25, -0.2) is 0 Å². The van der Waals surface area contributed by atoms with Crippen LogP contribution in [-0.2, 0) is 0 Å². The monoisotopic (exact) mass is 732 g/mol. The molecule has 0 aliphatic rings. The summed E-state index contributed by atoms with van der Waals surface area (Å²) in [5.74, 6) is 0. The SMILES string of the molecule is c1ccc(-c2cc(-c3ccccc3)cc(-c3c4ccccc4c(-c4ccc(-c5cc6ccc7cccc8ccc(c5)c6c78)c5ccccc45)c4ccccc34)c2)cc1. The smallest absolute Gasteiger partial charge is 0.00201 e. The number of hydrogen-bond donors (Lipinski definition) is 0. The zero-order valence-electron chi connectivity index (χ0n) is 31.8. The van der Waals surface area contributed by atoms with Gasteiger partial charge in [-0.1, -0.05) is 188 Å². The van der Waals surface area contributed by atoms with Gasteiger partial charge in [0.05, 0.1) is 0 Å². The van der Waals surface area contributed by atoms with Gasteiger partial charge in [-0.05, 0) is 151 Å². The molecular formula is C58H36. The second-order valence-corrected chi connectivity index (χ2v) is 15.6. The van der Waals surface area contributed by atoms with E-state index in [0.29, 0.717) is 0 Å². The maximum atomic E-state index is 2.39. The van der Waals surface area contributed by atoms with Gasteiger partial charge in [-0.2, -0.15) is 0 Å². The van der Waals surface area contributed by atoms with E-state index in [2.05, 4.69) is 218 Å². The Morgan fingerprint density at radius 2 is 0.586 bits per heavy atom.